The van der Waals surface area contributed by atoms with Gasteiger partial charge in [0.25, 0.3) is 5.91 Å². The number of benzene rings is 2. The first-order valence-electron chi connectivity index (χ1n) is 5.30. The maximum atomic E-state index is 13.4. The molecule has 0 aliphatic rings. The standard InChI is InChI=1S/C13H6BrF4NO/c14-7-3-1-6(2-4-7)13(20)19-12-10(17)8(15)5-9(16)11(12)18/h1-5H,(H,19,20). The third-order valence-corrected chi connectivity index (χ3v) is 2.99. The molecule has 2 aromatic carbocycles. The second-order valence-electron chi connectivity index (χ2n) is 3.80. The fraction of sp³-hybridized carbons (Fsp3) is 0. The summed E-state index contributed by atoms with van der Waals surface area (Å²) in [7, 11) is 0. The first-order valence-corrected chi connectivity index (χ1v) is 6.09. The lowest BCUT2D eigenvalue weighted by Gasteiger charge is -2.09. The molecule has 0 fully saturated rings. The molecule has 104 valence electrons. The van der Waals surface area contributed by atoms with E-state index in [4.69, 9.17) is 0 Å². The van der Waals surface area contributed by atoms with Crippen molar-refractivity contribution in [2.45, 2.75) is 0 Å². The fourth-order valence-corrected chi connectivity index (χ4v) is 1.73. The smallest absolute Gasteiger partial charge is 0.255 e. The second kappa shape index (κ2) is 5.62. The van der Waals surface area contributed by atoms with E-state index in [1.807, 2.05) is 5.32 Å². The molecule has 0 heterocycles. The predicted molar refractivity (Wildman–Crippen MR) is 68.4 cm³/mol. The van der Waals surface area contributed by atoms with E-state index in [0.29, 0.717) is 4.47 Å². The van der Waals surface area contributed by atoms with Crippen molar-refractivity contribution in [1.29, 1.82) is 0 Å². The molecular weight excluding hydrogens is 342 g/mol. The third-order valence-electron chi connectivity index (χ3n) is 2.46. The Balaban J connectivity index is 2.35. The summed E-state index contributed by atoms with van der Waals surface area (Å²) in [6.45, 7) is 0. The van der Waals surface area contributed by atoms with Crippen LogP contribution in [0.5, 0.6) is 0 Å². The Morgan fingerprint density at radius 1 is 0.950 bits per heavy atom. The van der Waals surface area contributed by atoms with Crippen molar-refractivity contribution >= 4 is 27.5 Å². The molecule has 20 heavy (non-hydrogen) atoms. The van der Waals surface area contributed by atoms with Gasteiger partial charge in [0.1, 0.15) is 5.69 Å². The van der Waals surface area contributed by atoms with E-state index in [1.54, 1.807) is 0 Å². The van der Waals surface area contributed by atoms with Crippen LogP contribution in [0, 0.1) is 23.3 Å². The van der Waals surface area contributed by atoms with Gasteiger partial charge in [0, 0.05) is 16.1 Å². The van der Waals surface area contributed by atoms with Crippen molar-refractivity contribution < 1.29 is 22.4 Å². The summed E-state index contributed by atoms with van der Waals surface area (Å²) in [6, 6.07) is 5.90. The summed E-state index contributed by atoms with van der Waals surface area (Å²) in [6.07, 6.45) is 0. The van der Waals surface area contributed by atoms with Crippen molar-refractivity contribution in [3.63, 3.8) is 0 Å². The largest absolute Gasteiger partial charge is 0.317 e. The lowest BCUT2D eigenvalue weighted by molar-refractivity contribution is 0.102. The first-order chi connectivity index (χ1) is 9.40. The van der Waals surface area contributed by atoms with E-state index in [1.165, 1.54) is 24.3 Å². The maximum Gasteiger partial charge on any atom is 0.255 e. The molecule has 2 aromatic rings. The van der Waals surface area contributed by atoms with E-state index in [-0.39, 0.29) is 11.6 Å². The number of nitrogens with one attached hydrogen (secondary N) is 1. The fourth-order valence-electron chi connectivity index (χ4n) is 1.47. The van der Waals surface area contributed by atoms with Crippen LogP contribution in [0.1, 0.15) is 10.4 Å². The van der Waals surface area contributed by atoms with E-state index < -0.39 is 34.9 Å². The monoisotopic (exact) mass is 347 g/mol. The zero-order valence-electron chi connectivity index (χ0n) is 9.68. The minimum absolute atomic E-state index is 0.0694. The number of carbonyl (C=O) groups excluding carboxylic acids is 1. The van der Waals surface area contributed by atoms with Crippen LogP contribution in [0.4, 0.5) is 23.2 Å². The molecule has 0 aliphatic heterocycles. The molecule has 0 spiro atoms. The van der Waals surface area contributed by atoms with Crippen molar-refractivity contribution in [1.82, 2.24) is 0 Å². The Morgan fingerprint density at radius 2 is 1.45 bits per heavy atom. The van der Waals surface area contributed by atoms with Gasteiger partial charge in [-0.15, -0.1) is 0 Å². The van der Waals surface area contributed by atoms with Crippen LogP contribution in [0.3, 0.4) is 0 Å². The molecule has 2 nitrogen and oxygen atoms in total. The van der Waals surface area contributed by atoms with Gasteiger partial charge in [0.2, 0.25) is 0 Å². The molecule has 0 unspecified atom stereocenters. The average Bonchev–Trinajstić information content (AvgIpc) is 2.42. The van der Waals surface area contributed by atoms with Gasteiger partial charge < -0.3 is 5.32 Å². The highest BCUT2D eigenvalue weighted by molar-refractivity contribution is 9.10. The summed E-state index contributed by atoms with van der Waals surface area (Å²) in [4.78, 5) is 11.7. The summed E-state index contributed by atoms with van der Waals surface area (Å²) in [5.74, 6) is -7.38. The molecule has 0 radical (unpaired) electrons. The van der Waals surface area contributed by atoms with Crippen molar-refractivity contribution in [3.05, 3.63) is 63.6 Å². The lowest BCUT2D eigenvalue weighted by atomic mass is 10.2. The number of anilines is 1. The van der Waals surface area contributed by atoms with Crippen LogP contribution in [-0.2, 0) is 0 Å². The number of halogens is 5. The first kappa shape index (κ1) is 14.5. The topological polar surface area (TPSA) is 29.1 Å². The van der Waals surface area contributed by atoms with Gasteiger partial charge in [-0.05, 0) is 24.3 Å². The highest BCUT2D eigenvalue weighted by Gasteiger charge is 2.21. The number of amides is 1. The number of rotatable bonds is 2. The van der Waals surface area contributed by atoms with E-state index in [9.17, 15) is 22.4 Å². The maximum absolute atomic E-state index is 13.4. The van der Waals surface area contributed by atoms with Crippen LogP contribution in [0.2, 0.25) is 0 Å². The quantitative estimate of drug-likeness (QED) is 0.638. The summed E-state index contributed by atoms with van der Waals surface area (Å²) in [5, 5.41) is 1.81. The summed E-state index contributed by atoms with van der Waals surface area (Å²) < 4.78 is 53.4. The molecule has 0 saturated carbocycles. The van der Waals surface area contributed by atoms with Crippen LogP contribution in [-0.4, -0.2) is 5.91 Å². The molecule has 0 aromatic heterocycles. The zero-order chi connectivity index (χ0) is 14.9. The highest BCUT2D eigenvalue weighted by Crippen LogP contribution is 2.24. The van der Waals surface area contributed by atoms with Gasteiger partial charge >= 0.3 is 0 Å². The minimum atomic E-state index is -1.66. The average molecular weight is 348 g/mol. The van der Waals surface area contributed by atoms with E-state index in [2.05, 4.69) is 15.9 Å². The third kappa shape index (κ3) is 2.82. The zero-order valence-corrected chi connectivity index (χ0v) is 11.3. The van der Waals surface area contributed by atoms with Crippen molar-refractivity contribution in [2.24, 2.45) is 0 Å². The Morgan fingerprint density at radius 3 is 1.95 bits per heavy atom. The van der Waals surface area contributed by atoms with Crippen molar-refractivity contribution in [2.75, 3.05) is 5.32 Å². The Kier molecular flexibility index (Phi) is 4.08. The number of carbonyl (C=O) groups is 1. The molecular formula is C13H6BrF4NO. The van der Waals surface area contributed by atoms with Crippen LogP contribution in [0.25, 0.3) is 0 Å². The Hall–Kier alpha value is -1.89. The lowest BCUT2D eigenvalue weighted by Crippen LogP contribution is -2.15. The number of hydrogen-bond donors (Lipinski definition) is 1. The summed E-state index contributed by atoms with van der Waals surface area (Å²) in [5.41, 5.74) is -1.08. The van der Waals surface area contributed by atoms with Crippen LogP contribution < -0.4 is 5.32 Å². The van der Waals surface area contributed by atoms with Gasteiger partial charge in [-0.1, -0.05) is 15.9 Å². The molecule has 7 heteroatoms. The molecule has 1 N–H and O–H groups in total. The Labute approximate surface area is 119 Å². The Bertz CT molecular complexity index is 647. The van der Waals surface area contributed by atoms with E-state index >= 15 is 0 Å². The number of hydrogen-bond acceptors (Lipinski definition) is 1. The summed E-state index contributed by atoms with van der Waals surface area (Å²) >= 11 is 3.15. The predicted octanol–water partition coefficient (Wildman–Crippen LogP) is 4.26. The SMILES string of the molecule is O=C(Nc1c(F)c(F)cc(F)c1F)c1ccc(Br)cc1. The van der Waals surface area contributed by atoms with E-state index in [0.717, 1.165) is 0 Å². The van der Waals surface area contributed by atoms with Gasteiger partial charge in [0.05, 0.1) is 0 Å². The van der Waals surface area contributed by atoms with Crippen molar-refractivity contribution in [3.8, 4) is 0 Å². The van der Waals surface area contributed by atoms with Gasteiger partial charge in [-0.2, -0.15) is 0 Å². The van der Waals surface area contributed by atoms with Gasteiger partial charge in [0.15, 0.2) is 23.3 Å². The molecule has 0 bridgehead atoms. The molecule has 2 rings (SSSR count). The molecule has 0 saturated heterocycles. The van der Waals surface area contributed by atoms with Gasteiger partial charge in [-0.3, -0.25) is 4.79 Å². The molecule has 1 amide bonds. The molecule has 0 atom stereocenters. The van der Waals surface area contributed by atoms with Gasteiger partial charge in [-0.25, -0.2) is 17.6 Å². The van der Waals surface area contributed by atoms with Crippen LogP contribution in [0.15, 0.2) is 34.8 Å². The minimum Gasteiger partial charge on any atom is -0.317 e. The molecule has 0 aliphatic carbocycles. The highest BCUT2D eigenvalue weighted by atomic mass is 79.9. The second-order valence-corrected chi connectivity index (χ2v) is 4.72. The van der Waals surface area contributed by atoms with Crippen LogP contribution >= 0.6 is 15.9 Å². The normalized spacial score (nSPS) is 10.4.